The van der Waals surface area contributed by atoms with Gasteiger partial charge in [0.2, 0.25) is 4.96 Å². The summed E-state index contributed by atoms with van der Waals surface area (Å²) in [5.74, 6) is 0.558. The van der Waals surface area contributed by atoms with Crippen molar-refractivity contribution in [2.24, 2.45) is 0 Å². The van der Waals surface area contributed by atoms with Gasteiger partial charge in [-0.2, -0.15) is 0 Å². The SMILES string of the molecule is Fc1cc(OCc2ccccc2)c2cc(-c3cn4nc(Br)sc4n3)oc2c1. The summed E-state index contributed by atoms with van der Waals surface area (Å²) in [6, 6.07) is 14.3. The normalized spacial score (nSPS) is 11.5. The smallest absolute Gasteiger partial charge is 0.213 e. The molecule has 5 nitrogen and oxygen atoms in total. The molecule has 5 rings (SSSR count). The Balaban J connectivity index is 1.53. The molecule has 134 valence electrons. The van der Waals surface area contributed by atoms with E-state index in [9.17, 15) is 4.39 Å². The van der Waals surface area contributed by atoms with Gasteiger partial charge in [0.25, 0.3) is 0 Å². The Bertz CT molecular complexity index is 1230. The van der Waals surface area contributed by atoms with Crippen LogP contribution < -0.4 is 4.74 Å². The van der Waals surface area contributed by atoms with Crippen LogP contribution in [0.5, 0.6) is 5.75 Å². The molecule has 2 aromatic carbocycles. The fraction of sp³-hybridized carbons (Fsp3) is 0.0526. The second kappa shape index (κ2) is 6.47. The van der Waals surface area contributed by atoms with E-state index in [4.69, 9.17) is 9.15 Å². The topological polar surface area (TPSA) is 52.6 Å². The molecule has 0 atom stereocenters. The molecular weight excluding hydrogens is 433 g/mol. The molecule has 27 heavy (non-hydrogen) atoms. The van der Waals surface area contributed by atoms with Crippen LogP contribution in [0, 0.1) is 5.82 Å². The quantitative estimate of drug-likeness (QED) is 0.358. The number of fused-ring (bicyclic) bond motifs is 2. The molecule has 0 aliphatic rings. The summed E-state index contributed by atoms with van der Waals surface area (Å²) < 4.78 is 28.1. The highest BCUT2D eigenvalue weighted by molar-refractivity contribution is 9.11. The third-order valence-corrected chi connectivity index (χ3v) is 5.43. The Hall–Kier alpha value is -2.71. The summed E-state index contributed by atoms with van der Waals surface area (Å²) in [5.41, 5.74) is 2.05. The van der Waals surface area contributed by atoms with E-state index in [1.54, 1.807) is 10.7 Å². The van der Waals surface area contributed by atoms with Crippen LogP contribution in [0.15, 0.2) is 63.1 Å². The zero-order valence-electron chi connectivity index (χ0n) is 13.7. The first kappa shape index (κ1) is 16.5. The van der Waals surface area contributed by atoms with Crippen LogP contribution in [0.2, 0.25) is 0 Å². The van der Waals surface area contributed by atoms with Crippen LogP contribution >= 0.6 is 27.3 Å². The fourth-order valence-corrected chi connectivity index (χ4v) is 4.07. The van der Waals surface area contributed by atoms with Crippen molar-refractivity contribution in [3.63, 3.8) is 0 Å². The average molecular weight is 444 g/mol. The lowest BCUT2D eigenvalue weighted by Gasteiger charge is -2.07. The third kappa shape index (κ3) is 3.11. The Labute approximate surface area is 165 Å². The number of aromatic nitrogens is 3. The predicted molar refractivity (Wildman–Crippen MR) is 105 cm³/mol. The van der Waals surface area contributed by atoms with E-state index in [1.807, 2.05) is 36.4 Å². The van der Waals surface area contributed by atoms with Gasteiger partial charge in [-0.3, -0.25) is 0 Å². The van der Waals surface area contributed by atoms with Crippen LogP contribution in [0.25, 0.3) is 27.4 Å². The molecular formula is C19H11BrFN3O2S. The van der Waals surface area contributed by atoms with E-state index in [2.05, 4.69) is 26.0 Å². The standard InChI is InChI=1S/C19H11BrFN3O2S/c20-18-23-24-9-14(22-19(24)27-18)17-8-13-15(6-12(21)7-16(13)26-17)25-10-11-4-2-1-3-5-11/h1-9H,10H2. The fourth-order valence-electron chi connectivity index (χ4n) is 2.85. The van der Waals surface area contributed by atoms with E-state index < -0.39 is 5.82 Å². The molecule has 0 radical (unpaired) electrons. The number of rotatable bonds is 4. The zero-order valence-corrected chi connectivity index (χ0v) is 16.1. The summed E-state index contributed by atoms with van der Waals surface area (Å²) in [6.07, 6.45) is 1.77. The van der Waals surface area contributed by atoms with Gasteiger partial charge in [0, 0.05) is 12.1 Å². The predicted octanol–water partition coefficient (Wildman–Crippen LogP) is 5.68. The van der Waals surface area contributed by atoms with Crippen molar-refractivity contribution in [1.29, 1.82) is 0 Å². The van der Waals surface area contributed by atoms with E-state index in [0.717, 1.165) is 14.4 Å². The van der Waals surface area contributed by atoms with Crippen LogP contribution in [0.4, 0.5) is 4.39 Å². The average Bonchev–Trinajstić information content (AvgIpc) is 3.32. The lowest BCUT2D eigenvalue weighted by Crippen LogP contribution is -1.95. The number of furan rings is 1. The maximum absolute atomic E-state index is 14.0. The van der Waals surface area contributed by atoms with Gasteiger partial charge in [-0.15, -0.1) is 5.10 Å². The molecule has 8 heteroatoms. The molecule has 0 saturated heterocycles. The molecule has 3 aromatic heterocycles. The molecule has 0 aliphatic heterocycles. The van der Waals surface area contributed by atoms with Gasteiger partial charge in [-0.05, 0) is 27.6 Å². The molecule has 0 unspecified atom stereocenters. The third-order valence-electron chi connectivity index (χ3n) is 4.07. The number of ether oxygens (including phenoxy) is 1. The second-order valence-electron chi connectivity index (χ2n) is 5.91. The van der Waals surface area contributed by atoms with E-state index in [-0.39, 0.29) is 0 Å². The van der Waals surface area contributed by atoms with E-state index >= 15 is 0 Å². The minimum absolute atomic E-state index is 0.345. The largest absolute Gasteiger partial charge is 0.488 e. The summed E-state index contributed by atoms with van der Waals surface area (Å²) in [4.78, 5) is 5.25. The minimum atomic E-state index is -0.414. The Kier molecular flexibility index (Phi) is 3.95. The van der Waals surface area contributed by atoms with E-state index in [0.29, 0.717) is 34.8 Å². The van der Waals surface area contributed by atoms with Crippen molar-refractivity contribution in [3.8, 4) is 17.2 Å². The molecule has 3 heterocycles. The zero-order chi connectivity index (χ0) is 18.4. The Morgan fingerprint density at radius 2 is 2.04 bits per heavy atom. The Morgan fingerprint density at radius 1 is 1.19 bits per heavy atom. The summed E-state index contributed by atoms with van der Waals surface area (Å²) in [5, 5.41) is 4.97. The number of benzene rings is 2. The summed E-state index contributed by atoms with van der Waals surface area (Å²) >= 11 is 4.75. The first-order chi connectivity index (χ1) is 13.2. The molecule has 5 aromatic rings. The first-order valence-electron chi connectivity index (χ1n) is 8.07. The maximum Gasteiger partial charge on any atom is 0.213 e. The van der Waals surface area contributed by atoms with Crippen molar-refractivity contribution >= 4 is 43.2 Å². The monoisotopic (exact) mass is 443 g/mol. The van der Waals surface area contributed by atoms with Crippen molar-refractivity contribution in [1.82, 2.24) is 14.6 Å². The van der Waals surface area contributed by atoms with Crippen molar-refractivity contribution in [3.05, 3.63) is 70.0 Å². The number of hydrogen-bond donors (Lipinski definition) is 0. The summed E-state index contributed by atoms with van der Waals surface area (Å²) in [7, 11) is 0. The number of halogens is 2. The lowest BCUT2D eigenvalue weighted by atomic mass is 10.2. The maximum atomic E-state index is 14.0. The summed E-state index contributed by atoms with van der Waals surface area (Å²) in [6.45, 7) is 0.345. The number of hydrogen-bond acceptors (Lipinski definition) is 5. The highest BCUT2D eigenvalue weighted by Crippen LogP contribution is 2.35. The molecule has 0 fully saturated rings. The van der Waals surface area contributed by atoms with Crippen molar-refractivity contribution < 1.29 is 13.5 Å². The van der Waals surface area contributed by atoms with Crippen molar-refractivity contribution in [2.75, 3.05) is 0 Å². The van der Waals surface area contributed by atoms with Gasteiger partial charge in [-0.1, -0.05) is 41.7 Å². The second-order valence-corrected chi connectivity index (χ2v) is 8.14. The van der Waals surface area contributed by atoms with Crippen LogP contribution in [-0.2, 0) is 6.61 Å². The minimum Gasteiger partial charge on any atom is -0.488 e. The van der Waals surface area contributed by atoms with Gasteiger partial charge in [0.1, 0.15) is 29.5 Å². The highest BCUT2D eigenvalue weighted by Gasteiger charge is 2.16. The lowest BCUT2D eigenvalue weighted by molar-refractivity contribution is 0.308. The Morgan fingerprint density at radius 3 is 2.85 bits per heavy atom. The van der Waals surface area contributed by atoms with Gasteiger partial charge in [-0.25, -0.2) is 13.9 Å². The molecule has 0 bridgehead atoms. The van der Waals surface area contributed by atoms with Gasteiger partial charge < -0.3 is 9.15 Å². The first-order valence-corrected chi connectivity index (χ1v) is 9.68. The molecule has 0 spiro atoms. The number of imidazole rings is 1. The van der Waals surface area contributed by atoms with Gasteiger partial charge >= 0.3 is 0 Å². The molecule has 0 aliphatic carbocycles. The van der Waals surface area contributed by atoms with Gasteiger partial charge in [0.15, 0.2) is 9.68 Å². The van der Waals surface area contributed by atoms with E-state index in [1.165, 1.54) is 23.5 Å². The number of nitrogens with zero attached hydrogens (tertiary/aromatic N) is 3. The van der Waals surface area contributed by atoms with Crippen molar-refractivity contribution in [2.45, 2.75) is 6.61 Å². The van der Waals surface area contributed by atoms with Crippen LogP contribution in [-0.4, -0.2) is 14.6 Å². The highest BCUT2D eigenvalue weighted by atomic mass is 79.9. The molecule has 0 saturated carbocycles. The van der Waals surface area contributed by atoms with Gasteiger partial charge in [0.05, 0.1) is 11.6 Å². The molecule has 0 N–H and O–H groups in total. The molecule has 0 amide bonds. The van der Waals surface area contributed by atoms with Crippen LogP contribution in [0.1, 0.15) is 5.56 Å². The van der Waals surface area contributed by atoms with Crippen LogP contribution in [0.3, 0.4) is 0 Å².